The molecule has 0 N–H and O–H groups in total. The van der Waals surface area contributed by atoms with Crippen molar-refractivity contribution in [2.75, 3.05) is 26.9 Å². The number of fused-ring (bicyclic) bond motifs is 1. The van der Waals surface area contributed by atoms with Crippen LogP contribution in [-0.4, -0.2) is 43.4 Å². The summed E-state index contributed by atoms with van der Waals surface area (Å²) in [7, 11) is 1.35. The molecule has 1 aromatic heterocycles. The molecule has 0 unspecified atom stereocenters. The Morgan fingerprint density at radius 2 is 1.77 bits per heavy atom. The lowest BCUT2D eigenvalue weighted by atomic mass is 10.2. The van der Waals surface area contributed by atoms with Gasteiger partial charge in [0.2, 0.25) is 0 Å². The Hall–Kier alpha value is -2.97. The Labute approximate surface area is 178 Å². The number of carbonyl (C=O) groups is 2. The SMILES string of the molecule is CCOCCn1c(=NC(=O)c2ccc(OCC)cc2)sc2cc(C(=O)OC)ccc21. The second-order valence-electron chi connectivity index (χ2n) is 6.28. The van der Waals surface area contributed by atoms with Crippen molar-refractivity contribution in [2.24, 2.45) is 4.99 Å². The number of nitrogens with zero attached hydrogens (tertiary/aromatic N) is 2. The number of ether oxygens (including phenoxy) is 3. The number of hydrogen-bond acceptors (Lipinski definition) is 6. The first-order valence-electron chi connectivity index (χ1n) is 9.68. The highest BCUT2D eigenvalue weighted by atomic mass is 32.1. The highest BCUT2D eigenvalue weighted by Crippen LogP contribution is 2.20. The summed E-state index contributed by atoms with van der Waals surface area (Å²) in [6.07, 6.45) is 0. The van der Waals surface area contributed by atoms with Crippen LogP contribution < -0.4 is 9.54 Å². The van der Waals surface area contributed by atoms with Crippen molar-refractivity contribution in [3.63, 3.8) is 0 Å². The van der Waals surface area contributed by atoms with Crippen LogP contribution in [0.3, 0.4) is 0 Å². The van der Waals surface area contributed by atoms with Gasteiger partial charge in [-0.25, -0.2) is 4.79 Å². The molecule has 0 radical (unpaired) electrons. The van der Waals surface area contributed by atoms with Crippen LogP contribution in [-0.2, 0) is 16.0 Å². The Bertz CT molecular complexity index is 1100. The fourth-order valence-corrected chi connectivity index (χ4v) is 4.03. The number of thiazole rings is 1. The Morgan fingerprint density at radius 3 is 2.43 bits per heavy atom. The number of benzene rings is 2. The average Bonchev–Trinajstić information content (AvgIpc) is 3.10. The maximum absolute atomic E-state index is 12.7. The smallest absolute Gasteiger partial charge is 0.337 e. The zero-order chi connectivity index (χ0) is 21.5. The van der Waals surface area contributed by atoms with E-state index in [-0.39, 0.29) is 5.91 Å². The standard InChI is InChI=1S/C22H24N2O5S/c1-4-28-13-12-24-18-11-8-16(21(26)27-3)14-19(18)30-22(24)23-20(25)15-6-9-17(10-7-15)29-5-2/h6-11,14H,4-5,12-13H2,1-3H3. The van der Waals surface area contributed by atoms with Crippen molar-refractivity contribution < 1.29 is 23.8 Å². The van der Waals surface area contributed by atoms with E-state index in [0.717, 1.165) is 10.2 Å². The van der Waals surface area contributed by atoms with E-state index in [1.54, 1.807) is 36.4 Å². The summed E-state index contributed by atoms with van der Waals surface area (Å²) >= 11 is 1.35. The molecule has 0 aliphatic rings. The fourth-order valence-electron chi connectivity index (χ4n) is 2.93. The number of esters is 1. The van der Waals surface area contributed by atoms with Gasteiger partial charge in [-0.15, -0.1) is 0 Å². The molecular weight excluding hydrogens is 404 g/mol. The first-order chi connectivity index (χ1) is 14.6. The molecule has 8 heteroatoms. The molecule has 0 saturated carbocycles. The van der Waals surface area contributed by atoms with Crippen LogP contribution in [0, 0.1) is 0 Å². The van der Waals surface area contributed by atoms with Gasteiger partial charge in [0.05, 0.1) is 36.1 Å². The zero-order valence-corrected chi connectivity index (χ0v) is 18.0. The van der Waals surface area contributed by atoms with Crippen LogP contribution in [0.1, 0.15) is 34.6 Å². The predicted octanol–water partition coefficient (Wildman–Crippen LogP) is 3.67. The molecular formula is C22H24N2O5S. The molecule has 0 atom stereocenters. The Kier molecular flexibility index (Phi) is 7.37. The van der Waals surface area contributed by atoms with E-state index in [1.165, 1.54) is 18.4 Å². The first-order valence-corrected chi connectivity index (χ1v) is 10.5. The van der Waals surface area contributed by atoms with Crippen LogP contribution in [0.25, 0.3) is 10.2 Å². The lowest BCUT2D eigenvalue weighted by Crippen LogP contribution is -2.19. The molecule has 0 fully saturated rings. The van der Waals surface area contributed by atoms with Crippen molar-refractivity contribution >= 4 is 33.4 Å². The monoisotopic (exact) mass is 428 g/mol. The van der Waals surface area contributed by atoms with Crippen LogP contribution >= 0.6 is 11.3 Å². The molecule has 2 aromatic carbocycles. The summed E-state index contributed by atoms with van der Waals surface area (Å²) in [5, 5.41) is 0. The summed E-state index contributed by atoms with van der Waals surface area (Å²) in [4.78, 5) is 29.5. The molecule has 3 rings (SSSR count). The number of hydrogen-bond donors (Lipinski definition) is 0. The molecule has 3 aromatic rings. The number of amides is 1. The van der Waals surface area contributed by atoms with Crippen molar-refractivity contribution in [2.45, 2.75) is 20.4 Å². The molecule has 0 aliphatic heterocycles. The summed E-state index contributed by atoms with van der Waals surface area (Å²) in [5.41, 5.74) is 1.81. The predicted molar refractivity (Wildman–Crippen MR) is 115 cm³/mol. The van der Waals surface area contributed by atoms with E-state index < -0.39 is 5.97 Å². The van der Waals surface area contributed by atoms with Crippen molar-refractivity contribution in [3.05, 3.63) is 58.4 Å². The fraction of sp³-hybridized carbons (Fsp3) is 0.318. The van der Waals surface area contributed by atoms with Gasteiger partial charge in [-0.1, -0.05) is 11.3 Å². The largest absolute Gasteiger partial charge is 0.494 e. The number of rotatable bonds is 8. The Balaban J connectivity index is 2.01. The van der Waals surface area contributed by atoms with Gasteiger partial charge in [0.1, 0.15) is 5.75 Å². The van der Waals surface area contributed by atoms with E-state index in [4.69, 9.17) is 14.2 Å². The van der Waals surface area contributed by atoms with Gasteiger partial charge in [-0.05, 0) is 56.3 Å². The van der Waals surface area contributed by atoms with E-state index >= 15 is 0 Å². The van der Waals surface area contributed by atoms with Crippen LogP contribution in [0.5, 0.6) is 5.75 Å². The van der Waals surface area contributed by atoms with Crippen molar-refractivity contribution in [1.82, 2.24) is 4.57 Å². The molecule has 1 heterocycles. The zero-order valence-electron chi connectivity index (χ0n) is 17.2. The number of aromatic nitrogens is 1. The van der Waals surface area contributed by atoms with Gasteiger partial charge in [-0.2, -0.15) is 4.99 Å². The van der Waals surface area contributed by atoms with Crippen LogP contribution in [0.4, 0.5) is 0 Å². The Morgan fingerprint density at radius 1 is 1.03 bits per heavy atom. The van der Waals surface area contributed by atoms with Crippen molar-refractivity contribution in [3.8, 4) is 5.75 Å². The van der Waals surface area contributed by atoms with E-state index in [0.29, 0.717) is 48.0 Å². The molecule has 0 spiro atoms. The van der Waals surface area contributed by atoms with Gasteiger partial charge in [0.15, 0.2) is 4.80 Å². The third-order valence-corrected chi connectivity index (χ3v) is 5.42. The maximum Gasteiger partial charge on any atom is 0.337 e. The maximum atomic E-state index is 12.7. The minimum atomic E-state index is -0.407. The molecule has 7 nitrogen and oxygen atoms in total. The van der Waals surface area contributed by atoms with Crippen LogP contribution in [0.15, 0.2) is 47.5 Å². The summed E-state index contributed by atoms with van der Waals surface area (Å²) in [6, 6.07) is 12.2. The summed E-state index contributed by atoms with van der Waals surface area (Å²) in [6.45, 7) is 6.04. The highest BCUT2D eigenvalue weighted by Gasteiger charge is 2.13. The van der Waals surface area contributed by atoms with Gasteiger partial charge >= 0.3 is 5.97 Å². The van der Waals surface area contributed by atoms with Gasteiger partial charge < -0.3 is 18.8 Å². The molecule has 0 aliphatic carbocycles. The normalized spacial score (nSPS) is 11.6. The average molecular weight is 429 g/mol. The second-order valence-corrected chi connectivity index (χ2v) is 7.29. The number of methoxy groups -OCH3 is 1. The van der Waals surface area contributed by atoms with Crippen LogP contribution in [0.2, 0.25) is 0 Å². The van der Waals surface area contributed by atoms with Crippen molar-refractivity contribution in [1.29, 1.82) is 0 Å². The molecule has 0 bridgehead atoms. The molecule has 1 amide bonds. The third kappa shape index (κ3) is 4.95. The summed E-state index contributed by atoms with van der Waals surface area (Å²) < 4.78 is 18.5. The van der Waals surface area contributed by atoms with E-state index in [2.05, 4.69) is 4.99 Å². The quantitative estimate of drug-likeness (QED) is 0.404. The minimum Gasteiger partial charge on any atom is -0.494 e. The van der Waals surface area contributed by atoms with E-state index in [1.807, 2.05) is 24.5 Å². The van der Waals surface area contributed by atoms with Gasteiger partial charge in [-0.3, -0.25) is 4.79 Å². The molecule has 0 saturated heterocycles. The first kappa shape index (κ1) is 21.7. The number of carbonyl (C=O) groups excluding carboxylic acids is 2. The minimum absolute atomic E-state index is 0.344. The lowest BCUT2D eigenvalue weighted by Gasteiger charge is -2.06. The van der Waals surface area contributed by atoms with Gasteiger partial charge in [0.25, 0.3) is 5.91 Å². The highest BCUT2D eigenvalue weighted by molar-refractivity contribution is 7.16. The molecule has 158 valence electrons. The second kappa shape index (κ2) is 10.2. The van der Waals surface area contributed by atoms with E-state index in [9.17, 15) is 9.59 Å². The molecule has 30 heavy (non-hydrogen) atoms. The summed E-state index contributed by atoms with van der Waals surface area (Å²) in [5.74, 6) is -0.0453. The lowest BCUT2D eigenvalue weighted by molar-refractivity contribution is 0.0600. The third-order valence-electron chi connectivity index (χ3n) is 4.38. The topological polar surface area (TPSA) is 79.1 Å². The van der Waals surface area contributed by atoms with Gasteiger partial charge in [0, 0.05) is 18.7 Å².